The molecular formula is C19H39IN4O2S. The number of hydrogen-bond donors (Lipinski definition) is 2. The van der Waals surface area contributed by atoms with Gasteiger partial charge in [0.05, 0.1) is 19.8 Å². The monoisotopic (exact) mass is 514 g/mol. The summed E-state index contributed by atoms with van der Waals surface area (Å²) in [6, 6.07) is 1.23. The van der Waals surface area contributed by atoms with Gasteiger partial charge in [-0.2, -0.15) is 0 Å². The Morgan fingerprint density at radius 1 is 1.37 bits per heavy atom. The molecule has 1 heterocycles. The fourth-order valence-corrected chi connectivity index (χ4v) is 5.33. The second kappa shape index (κ2) is 13.3. The third kappa shape index (κ3) is 8.14. The lowest BCUT2D eigenvalue weighted by Crippen LogP contribution is -2.50. The Hall–Kier alpha value is 0.0700. The van der Waals surface area contributed by atoms with Gasteiger partial charge in [-0.3, -0.25) is 14.1 Å². The van der Waals surface area contributed by atoms with Crippen LogP contribution in [-0.2, 0) is 15.5 Å². The third-order valence-corrected chi connectivity index (χ3v) is 7.21. The molecule has 160 valence electrons. The second-order valence-electron chi connectivity index (χ2n) is 7.53. The van der Waals surface area contributed by atoms with Crippen LogP contribution in [-0.4, -0.2) is 77.0 Å². The van der Waals surface area contributed by atoms with E-state index in [1.165, 1.54) is 0 Å². The molecule has 0 bridgehead atoms. The minimum Gasteiger partial charge on any atom is -0.379 e. The lowest BCUT2D eigenvalue weighted by Gasteiger charge is -2.37. The van der Waals surface area contributed by atoms with Crippen molar-refractivity contribution in [1.29, 1.82) is 0 Å². The van der Waals surface area contributed by atoms with Gasteiger partial charge >= 0.3 is 0 Å². The molecule has 2 aliphatic rings. The number of guanidine groups is 1. The van der Waals surface area contributed by atoms with Crippen LogP contribution in [0, 0.1) is 0 Å². The van der Waals surface area contributed by atoms with Gasteiger partial charge in [-0.1, -0.05) is 13.3 Å². The van der Waals surface area contributed by atoms with Crippen molar-refractivity contribution in [3.63, 3.8) is 0 Å². The van der Waals surface area contributed by atoms with Crippen molar-refractivity contribution < 1.29 is 8.95 Å². The van der Waals surface area contributed by atoms with E-state index in [0.717, 1.165) is 70.2 Å². The standard InChI is InChI=1S/C19H38N4O2S.HI/c1-5-20-19(21-13-15(3)23-10-11-25-14-16(23)4)22-17-8-7-9-18(12-17)26(24)6-2;/h15-18H,5-14H2,1-4H3,(H2,20,21,22);1H. The Bertz CT molecular complexity index is 481. The Labute approximate surface area is 185 Å². The first kappa shape index (κ1) is 25.1. The van der Waals surface area contributed by atoms with Gasteiger partial charge in [0, 0.05) is 53.0 Å². The van der Waals surface area contributed by atoms with E-state index in [-0.39, 0.29) is 24.0 Å². The van der Waals surface area contributed by atoms with Crippen molar-refractivity contribution in [2.45, 2.75) is 76.8 Å². The van der Waals surface area contributed by atoms with Crippen LogP contribution in [0.4, 0.5) is 0 Å². The van der Waals surface area contributed by atoms with E-state index in [1.54, 1.807) is 0 Å². The molecule has 6 nitrogen and oxygen atoms in total. The highest BCUT2D eigenvalue weighted by atomic mass is 127. The van der Waals surface area contributed by atoms with E-state index in [0.29, 0.717) is 23.4 Å². The fraction of sp³-hybridized carbons (Fsp3) is 0.947. The van der Waals surface area contributed by atoms with Crippen molar-refractivity contribution in [1.82, 2.24) is 15.5 Å². The Morgan fingerprint density at radius 3 is 2.81 bits per heavy atom. The summed E-state index contributed by atoms with van der Waals surface area (Å²) in [4.78, 5) is 7.33. The fourth-order valence-electron chi connectivity index (χ4n) is 3.99. The number of nitrogens with zero attached hydrogens (tertiary/aromatic N) is 2. The highest BCUT2D eigenvalue weighted by molar-refractivity contribution is 14.0. The van der Waals surface area contributed by atoms with Gasteiger partial charge in [-0.25, -0.2) is 0 Å². The summed E-state index contributed by atoms with van der Waals surface area (Å²) in [7, 11) is -0.690. The van der Waals surface area contributed by atoms with E-state index < -0.39 is 10.8 Å². The number of aliphatic imine (C=N–C) groups is 1. The zero-order valence-corrected chi connectivity index (χ0v) is 20.6. The summed E-state index contributed by atoms with van der Waals surface area (Å²) in [5.74, 6) is 1.66. The molecule has 2 fully saturated rings. The van der Waals surface area contributed by atoms with E-state index in [9.17, 15) is 4.21 Å². The molecule has 5 atom stereocenters. The highest BCUT2D eigenvalue weighted by Crippen LogP contribution is 2.23. The molecule has 5 unspecified atom stereocenters. The Balaban J connectivity index is 0.00000364. The quantitative estimate of drug-likeness (QED) is 0.310. The molecule has 2 N–H and O–H groups in total. The average Bonchev–Trinajstić information content (AvgIpc) is 2.66. The first-order valence-electron chi connectivity index (χ1n) is 10.3. The maximum absolute atomic E-state index is 12.2. The van der Waals surface area contributed by atoms with Crippen LogP contribution >= 0.6 is 24.0 Å². The van der Waals surface area contributed by atoms with Gasteiger partial charge < -0.3 is 15.4 Å². The molecule has 1 aliphatic heterocycles. The van der Waals surface area contributed by atoms with Gasteiger partial charge in [0.25, 0.3) is 0 Å². The summed E-state index contributed by atoms with van der Waals surface area (Å²) in [5, 5.41) is 7.31. The lowest BCUT2D eigenvalue weighted by molar-refractivity contribution is -0.0165. The number of morpholine rings is 1. The van der Waals surface area contributed by atoms with Crippen molar-refractivity contribution in [2.75, 3.05) is 38.6 Å². The predicted octanol–water partition coefficient (Wildman–Crippen LogP) is 2.35. The van der Waals surface area contributed by atoms with Gasteiger partial charge in [-0.15, -0.1) is 24.0 Å². The van der Waals surface area contributed by atoms with E-state index in [2.05, 4.69) is 36.3 Å². The van der Waals surface area contributed by atoms with Gasteiger partial charge in [-0.05, 0) is 40.0 Å². The first-order chi connectivity index (χ1) is 12.5. The number of halogens is 1. The van der Waals surface area contributed by atoms with Crippen molar-refractivity contribution in [3.8, 4) is 0 Å². The molecule has 2 rings (SSSR count). The molecule has 0 amide bonds. The Kier molecular flexibility index (Phi) is 12.4. The summed E-state index contributed by atoms with van der Waals surface area (Å²) < 4.78 is 17.7. The number of nitrogens with one attached hydrogen (secondary N) is 2. The molecule has 0 aromatic carbocycles. The van der Waals surface area contributed by atoms with Crippen LogP contribution in [0.15, 0.2) is 4.99 Å². The van der Waals surface area contributed by atoms with Crippen LogP contribution in [0.5, 0.6) is 0 Å². The van der Waals surface area contributed by atoms with E-state index in [4.69, 9.17) is 9.73 Å². The van der Waals surface area contributed by atoms with Crippen molar-refractivity contribution in [2.24, 2.45) is 4.99 Å². The minimum atomic E-state index is -0.690. The number of ether oxygens (including phenoxy) is 1. The topological polar surface area (TPSA) is 66.0 Å². The third-order valence-electron chi connectivity index (χ3n) is 5.47. The summed E-state index contributed by atoms with van der Waals surface area (Å²) in [6.45, 7) is 12.8. The van der Waals surface area contributed by atoms with Gasteiger partial charge in [0.15, 0.2) is 5.96 Å². The SMILES string of the molecule is CCNC(=NCC(C)N1CCOCC1C)NC1CCCC(S(=O)CC)C1.I. The molecule has 1 saturated carbocycles. The smallest absolute Gasteiger partial charge is 0.191 e. The zero-order valence-electron chi connectivity index (χ0n) is 17.4. The predicted molar refractivity (Wildman–Crippen MR) is 126 cm³/mol. The molecule has 0 aromatic rings. The van der Waals surface area contributed by atoms with E-state index in [1.807, 2.05) is 6.92 Å². The van der Waals surface area contributed by atoms with Gasteiger partial charge in [0.2, 0.25) is 0 Å². The minimum absolute atomic E-state index is 0. The Morgan fingerprint density at radius 2 is 2.15 bits per heavy atom. The summed E-state index contributed by atoms with van der Waals surface area (Å²) in [5.41, 5.74) is 0. The van der Waals surface area contributed by atoms with Crippen LogP contribution in [0.3, 0.4) is 0 Å². The van der Waals surface area contributed by atoms with Crippen LogP contribution in [0.25, 0.3) is 0 Å². The van der Waals surface area contributed by atoms with Crippen LogP contribution in [0.2, 0.25) is 0 Å². The molecule has 1 aliphatic carbocycles. The maximum atomic E-state index is 12.2. The maximum Gasteiger partial charge on any atom is 0.191 e. The molecule has 0 radical (unpaired) electrons. The molecule has 27 heavy (non-hydrogen) atoms. The highest BCUT2D eigenvalue weighted by Gasteiger charge is 2.26. The zero-order chi connectivity index (χ0) is 18.9. The molecule has 8 heteroatoms. The largest absolute Gasteiger partial charge is 0.379 e. The first-order valence-corrected chi connectivity index (χ1v) is 11.7. The average molecular weight is 515 g/mol. The van der Waals surface area contributed by atoms with Crippen molar-refractivity contribution in [3.05, 3.63) is 0 Å². The van der Waals surface area contributed by atoms with Crippen LogP contribution < -0.4 is 10.6 Å². The molecule has 1 saturated heterocycles. The summed E-state index contributed by atoms with van der Waals surface area (Å²) >= 11 is 0. The molecular weight excluding hydrogens is 475 g/mol. The van der Waals surface area contributed by atoms with Gasteiger partial charge in [0.1, 0.15) is 0 Å². The second-order valence-corrected chi connectivity index (χ2v) is 9.54. The lowest BCUT2D eigenvalue weighted by atomic mass is 9.95. The number of hydrogen-bond acceptors (Lipinski definition) is 4. The van der Waals surface area contributed by atoms with Crippen molar-refractivity contribution >= 4 is 40.7 Å². The summed E-state index contributed by atoms with van der Waals surface area (Å²) in [6.07, 6.45) is 4.37. The normalized spacial score (nSPS) is 29.5. The molecule has 0 spiro atoms. The van der Waals surface area contributed by atoms with E-state index >= 15 is 0 Å². The van der Waals surface area contributed by atoms with Crippen LogP contribution in [0.1, 0.15) is 53.4 Å². The number of rotatable bonds is 7. The molecule has 0 aromatic heterocycles.